The molecule has 0 atom stereocenters. The van der Waals surface area contributed by atoms with E-state index in [4.69, 9.17) is 11.6 Å². The van der Waals surface area contributed by atoms with Crippen LogP contribution in [0.2, 0.25) is 5.02 Å². The van der Waals surface area contributed by atoms with Crippen molar-refractivity contribution in [2.45, 2.75) is 6.54 Å². The molecule has 0 unspecified atom stereocenters. The number of halogens is 1. The van der Waals surface area contributed by atoms with Crippen molar-refractivity contribution in [3.63, 3.8) is 0 Å². The third kappa shape index (κ3) is 2.91. The molecule has 136 valence electrons. The number of nitrogens with one attached hydrogen (secondary N) is 2. The summed E-state index contributed by atoms with van der Waals surface area (Å²) in [4.78, 5) is 33.7. The highest BCUT2D eigenvalue weighted by molar-refractivity contribution is 6.30. The van der Waals surface area contributed by atoms with Crippen molar-refractivity contribution in [1.82, 2.24) is 24.4 Å². The van der Waals surface area contributed by atoms with Gasteiger partial charge in [-0.25, -0.2) is 4.79 Å². The molecule has 1 fully saturated rings. The molecule has 0 amide bonds. The topological polar surface area (TPSA) is 87.9 Å². The van der Waals surface area contributed by atoms with Gasteiger partial charge in [0, 0.05) is 38.2 Å². The average molecular weight is 375 g/mol. The molecule has 4 rings (SSSR count). The molecule has 1 aliphatic rings. The number of benzene rings is 1. The van der Waals surface area contributed by atoms with Gasteiger partial charge in [-0.15, -0.1) is 0 Å². The van der Waals surface area contributed by atoms with Gasteiger partial charge in [0.25, 0.3) is 5.56 Å². The van der Waals surface area contributed by atoms with E-state index in [1.807, 2.05) is 28.8 Å². The number of piperazine rings is 1. The highest BCUT2D eigenvalue weighted by Gasteiger charge is 2.22. The molecule has 2 N–H and O–H groups in total. The van der Waals surface area contributed by atoms with Crippen LogP contribution in [-0.2, 0) is 13.6 Å². The third-order valence-corrected chi connectivity index (χ3v) is 4.89. The fourth-order valence-corrected chi connectivity index (χ4v) is 3.38. The van der Waals surface area contributed by atoms with Gasteiger partial charge in [-0.3, -0.25) is 18.9 Å². The Bertz CT molecular complexity index is 1060. The van der Waals surface area contributed by atoms with Crippen LogP contribution in [0, 0.1) is 0 Å². The standard InChI is InChI=1S/C17H19ClN6O2/c1-22-14-13(15(25)21-17(22)26)24(10-11-2-4-12(18)5-3-11)16(20-14)23-8-6-19-7-9-23/h2-5,19H,6-10H2,1H3,(H,21,25,26). The Morgan fingerprint density at radius 3 is 2.54 bits per heavy atom. The molecule has 9 heteroatoms. The average Bonchev–Trinajstić information content (AvgIpc) is 3.02. The summed E-state index contributed by atoms with van der Waals surface area (Å²) in [6.45, 7) is 3.73. The van der Waals surface area contributed by atoms with Gasteiger partial charge in [0.1, 0.15) is 0 Å². The van der Waals surface area contributed by atoms with Crippen LogP contribution in [0.1, 0.15) is 5.56 Å². The Labute approximate surface area is 154 Å². The molecular formula is C17H19ClN6O2. The molecule has 0 spiro atoms. The maximum Gasteiger partial charge on any atom is 0.329 e. The predicted octanol–water partition coefficient (Wildman–Crippen LogP) is 0.535. The van der Waals surface area contributed by atoms with Crippen LogP contribution in [0.3, 0.4) is 0 Å². The summed E-state index contributed by atoms with van der Waals surface area (Å²) in [6.07, 6.45) is 0. The van der Waals surface area contributed by atoms with E-state index < -0.39 is 11.2 Å². The molecule has 0 bridgehead atoms. The van der Waals surface area contributed by atoms with Crippen LogP contribution >= 0.6 is 11.6 Å². The van der Waals surface area contributed by atoms with Gasteiger partial charge in [-0.1, -0.05) is 23.7 Å². The first-order valence-corrected chi connectivity index (χ1v) is 8.82. The predicted molar refractivity (Wildman–Crippen MR) is 101 cm³/mol. The molecule has 1 saturated heterocycles. The summed E-state index contributed by atoms with van der Waals surface area (Å²) in [5.74, 6) is 0.697. The number of rotatable bonds is 3. The van der Waals surface area contributed by atoms with E-state index in [0.717, 1.165) is 31.7 Å². The Morgan fingerprint density at radius 2 is 1.85 bits per heavy atom. The quantitative estimate of drug-likeness (QED) is 0.698. The monoisotopic (exact) mass is 374 g/mol. The SMILES string of the molecule is Cn1c(=O)[nH]c(=O)c2c1nc(N1CCNCC1)n2Cc1ccc(Cl)cc1. The van der Waals surface area contributed by atoms with E-state index in [0.29, 0.717) is 28.7 Å². The minimum Gasteiger partial charge on any atom is -0.340 e. The van der Waals surface area contributed by atoms with E-state index in [2.05, 4.69) is 20.2 Å². The second kappa shape index (κ2) is 6.62. The molecular weight excluding hydrogens is 356 g/mol. The number of aryl methyl sites for hydroxylation is 1. The van der Waals surface area contributed by atoms with Crippen molar-refractivity contribution in [1.29, 1.82) is 0 Å². The zero-order valence-corrected chi connectivity index (χ0v) is 15.1. The fourth-order valence-electron chi connectivity index (χ4n) is 3.25. The lowest BCUT2D eigenvalue weighted by atomic mass is 10.2. The number of imidazole rings is 1. The van der Waals surface area contributed by atoms with Gasteiger partial charge >= 0.3 is 5.69 Å². The Morgan fingerprint density at radius 1 is 1.15 bits per heavy atom. The van der Waals surface area contributed by atoms with Crippen LogP contribution in [0.4, 0.5) is 5.95 Å². The first-order valence-electron chi connectivity index (χ1n) is 8.44. The second-order valence-corrected chi connectivity index (χ2v) is 6.79. The minimum absolute atomic E-state index is 0.390. The van der Waals surface area contributed by atoms with Crippen molar-refractivity contribution >= 4 is 28.7 Å². The van der Waals surface area contributed by atoms with Crippen molar-refractivity contribution in [3.05, 3.63) is 55.7 Å². The normalized spacial score (nSPS) is 14.9. The van der Waals surface area contributed by atoms with Crippen molar-refractivity contribution in [2.75, 3.05) is 31.1 Å². The molecule has 0 radical (unpaired) electrons. The third-order valence-electron chi connectivity index (χ3n) is 4.64. The largest absolute Gasteiger partial charge is 0.340 e. The molecule has 0 aliphatic carbocycles. The minimum atomic E-state index is -0.467. The summed E-state index contributed by atoms with van der Waals surface area (Å²) >= 11 is 5.98. The van der Waals surface area contributed by atoms with Gasteiger partial charge in [0.15, 0.2) is 11.2 Å². The molecule has 1 aliphatic heterocycles. The smallest absolute Gasteiger partial charge is 0.329 e. The van der Waals surface area contributed by atoms with Gasteiger partial charge in [-0.2, -0.15) is 4.98 Å². The number of fused-ring (bicyclic) bond motifs is 1. The van der Waals surface area contributed by atoms with Crippen molar-refractivity contribution in [2.24, 2.45) is 7.05 Å². The van der Waals surface area contributed by atoms with E-state index in [9.17, 15) is 9.59 Å². The zero-order chi connectivity index (χ0) is 18.3. The lowest BCUT2D eigenvalue weighted by molar-refractivity contribution is 0.571. The van der Waals surface area contributed by atoms with Gasteiger partial charge < -0.3 is 10.2 Å². The number of hydrogen-bond acceptors (Lipinski definition) is 5. The van der Waals surface area contributed by atoms with Crippen LogP contribution in [0.15, 0.2) is 33.9 Å². The Balaban J connectivity index is 1.91. The van der Waals surface area contributed by atoms with E-state index in [-0.39, 0.29) is 0 Å². The summed E-state index contributed by atoms with van der Waals surface area (Å²) in [7, 11) is 1.61. The fraction of sp³-hybridized carbons (Fsp3) is 0.353. The molecule has 3 heterocycles. The molecule has 2 aromatic heterocycles. The number of hydrogen-bond donors (Lipinski definition) is 2. The number of H-pyrrole nitrogens is 1. The van der Waals surface area contributed by atoms with Gasteiger partial charge in [0.05, 0.1) is 6.54 Å². The first-order chi connectivity index (χ1) is 12.5. The van der Waals surface area contributed by atoms with Crippen LogP contribution in [0.25, 0.3) is 11.2 Å². The molecule has 0 saturated carbocycles. The second-order valence-electron chi connectivity index (χ2n) is 6.35. The molecule has 8 nitrogen and oxygen atoms in total. The Hall–Kier alpha value is -2.58. The van der Waals surface area contributed by atoms with Crippen LogP contribution in [-0.4, -0.2) is 45.3 Å². The maximum atomic E-state index is 12.5. The maximum absolute atomic E-state index is 12.5. The summed E-state index contributed by atoms with van der Waals surface area (Å²) in [5.41, 5.74) is 0.895. The number of anilines is 1. The Kier molecular flexibility index (Phi) is 4.29. The van der Waals surface area contributed by atoms with Crippen molar-refractivity contribution in [3.8, 4) is 0 Å². The van der Waals surface area contributed by atoms with Crippen LogP contribution in [0.5, 0.6) is 0 Å². The van der Waals surface area contributed by atoms with E-state index in [1.54, 1.807) is 7.05 Å². The van der Waals surface area contributed by atoms with Crippen LogP contribution < -0.4 is 21.5 Å². The zero-order valence-electron chi connectivity index (χ0n) is 14.3. The van der Waals surface area contributed by atoms with E-state index in [1.165, 1.54) is 4.57 Å². The lowest BCUT2D eigenvalue weighted by Gasteiger charge is -2.28. The molecule has 26 heavy (non-hydrogen) atoms. The van der Waals surface area contributed by atoms with Gasteiger partial charge in [-0.05, 0) is 17.7 Å². The summed E-state index contributed by atoms with van der Waals surface area (Å²) in [5, 5.41) is 3.97. The summed E-state index contributed by atoms with van der Waals surface area (Å²) < 4.78 is 3.25. The van der Waals surface area contributed by atoms with E-state index >= 15 is 0 Å². The highest BCUT2D eigenvalue weighted by Crippen LogP contribution is 2.22. The van der Waals surface area contributed by atoms with Crippen molar-refractivity contribution < 1.29 is 0 Å². The number of aromatic nitrogens is 4. The number of nitrogens with zero attached hydrogens (tertiary/aromatic N) is 4. The first kappa shape index (κ1) is 16.9. The summed E-state index contributed by atoms with van der Waals surface area (Å²) in [6, 6.07) is 7.48. The molecule has 3 aromatic rings. The highest BCUT2D eigenvalue weighted by atomic mass is 35.5. The molecule has 1 aromatic carbocycles. The van der Waals surface area contributed by atoms with Gasteiger partial charge in [0.2, 0.25) is 5.95 Å². The number of aromatic amines is 1. The lowest BCUT2D eigenvalue weighted by Crippen LogP contribution is -2.44.